The Morgan fingerprint density at radius 1 is 1.07 bits per heavy atom. The zero-order valence-electron chi connectivity index (χ0n) is 15.3. The second-order valence-electron chi connectivity index (χ2n) is 6.69. The van der Waals surface area contributed by atoms with Crippen molar-refractivity contribution >= 4 is 40.6 Å². The normalized spacial score (nSPS) is 14.5. The van der Waals surface area contributed by atoms with Crippen molar-refractivity contribution in [3.05, 3.63) is 68.2 Å². The summed E-state index contributed by atoms with van der Waals surface area (Å²) in [7, 11) is 0. The predicted molar refractivity (Wildman–Crippen MR) is 109 cm³/mol. The van der Waals surface area contributed by atoms with Gasteiger partial charge in [0, 0.05) is 36.7 Å². The highest BCUT2D eigenvalue weighted by atomic mass is 35.5. The van der Waals surface area contributed by atoms with E-state index in [0.717, 1.165) is 0 Å². The molecule has 1 fully saturated rings. The molecule has 1 amide bonds. The molecule has 0 N–H and O–H groups in total. The topological polar surface area (TPSA) is 89.8 Å². The molecule has 0 atom stereocenters. The summed E-state index contributed by atoms with van der Waals surface area (Å²) in [5.41, 5.74) is 0.475. The molecule has 1 heterocycles. The van der Waals surface area contributed by atoms with Crippen molar-refractivity contribution in [3.63, 3.8) is 0 Å². The van der Waals surface area contributed by atoms with Gasteiger partial charge in [-0.2, -0.15) is 0 Å². The molecule has 9 heteroatoms. The van der Waals surface area contributed by atoms with E-state index in [-0.39, 0.29) is 29.9 Å². The number of likely N-dealkylation sites (tertiary alicyclic amines) is 1. The third-order valence-corrected chi connectivity index (χ3v) is 5.57. The number of piperidine rings is 1. The molecular weight excluding hydrogens is 419 g/mol. The fourth-order valence-electron chi connectivity index (χ4n) is 3.18. The predicted octanol–water partition coefficient (Wildman–Crippen LogP) is 4.40. The van der Waals surface area contributed by atoms with E-state index in [4.69, 9.17) is 27.9 Å². The van der Waals surface area contributed by atoms with Gasteiger partial charge in [-0.1, -0.05) is 23.2 Å². The van der Waals surface area contributed by atoms with Crippen molar-refractivity contribution in [2.75, 3.05) is 19.7 Å². The van der Waals surface area contributed by atoms with Crippen LogP contribution in [0.25, 0.3) is 0 Å². The molecule has 0 bridgehead atoms. The summed E-state index contributed by atoms with van der Waals surface area (Å²) in [4.78, 5) is 36.8. The highest BCUT2D eigenvalue weighted by Gasteiger charge is 2.28. The van der Waals surface area contributed by atoms with Gasteiger partial charge in [-0.15, -0.1) is 0 Å². The lowest BCUT2D eigenvalue weighted by Gasteiger charge is -2.31. The first-order chi connectivity index (χ1) is 13.8. The lowest BCUT2D eigenvalue weighted by molar-refractivity contribution is -0.384. The minimum Gasteiger partial charge on any atom is -0.484 e. The minimum atomic E-state index is -0.502. The summed E-state index contributed by atoms with van der Waals surface area (Å²) >= 11 is 11.9. The first-order valence-corrected chi connectivity index (χ1v) is 9.75. The Morgan fingerprint density at radius 2 is 1.72 bits per heavy atom. The average molecular weight is 437 g/mol. The number of hydrogen-bond donors (Lipinski definition) is 0. The number of ketones is 1. The highest BCUT2D eigenvalue weighted by Crippen LogP contribution is 2.27. The van der Waals surface area contributed by atoms with Crippen LogP contribution in [0.5, 0.6) is 5.75 Å². The SMILES string of the molecule is O=C(c1ccc(Cl)c(Cl)c1)C1CCN(C(=O)COc2ccc([N+](=O)[O-])cc2)CC1. The van der Waals surface area contributed by atoms with E-state index >= 15 is 0 Å². The van der Waals surface area contributed by atoms with E-state index in [2.05, 4.69) is 0 Å². The summed E-state index contributed by atoms with van der Waals surface area (Å²) in [6.07, 6.45) is 1.12. The molecule has 1 aliphatic rings. The summed E-state index contributed by atoms with van der Waals surface area (Å²) in [6.45, 7) is 0.754. The number of non-ortho nitro benzene ring substituents is 1. The quantitative estimate of drug-likeness (QED) is 0.380. The van der Waals surface area contributed by atoms with Crippen molar-refractivity contribution in [3.8, 4) is 5.75 Å². The Balaban J connectivity index is 1.49. The van der Waals surface area contributed by atoms with Crippen LogP contribution in [-0.2, 0) is 4.79 Å². The van der Waals surface area contributed by atoms with Crippen LogP contribution < -0.4 is 4.74 Å². The summed E-state index contributed by atoms with van der Waals surface area (Å²) in [5, 5.41) is 11.4. The Bertz CT molecular complexity index is 925. The van der Waals surface area contributed by atoms with Gasteiger partial charge in [0.05, 0.1) is 15.0 Å². The number of halogens is 2. The van der Waals surface area contributed by atoms with Crippen LogP contribution in [0.1, 0.15) is 23.2 Å². The van der Waals surface area contributed by atoms with Gasteiger partial charge in [0.15, 0.2) is 12.4 Å². The van der Waals surface area contributed by atoms with Gasteiger partial charge in [-0.3, -0.25) is 19.7 Å². The second-order valence-corrected chi connectivity index (χ2v) is 7.50. The Hall–Kier alpha value is -2.64. The molecule has 2 aromatic carbocycles. The standard InChI is InChI=1S/C20H18Cl2N2O5/c21-17-6-1-14(11-18(17)22)20(26)13-7-9-23(10-8-13)19(25)12-29-16-4-2-15(3-5-16)24(27)28/h1-6,11,13H,7-10,12H2. The number of ether oxygens (including phenoxy) is 1. The summed E-state index contributed by atoms with van der Waals surface area (Å²) in [5.74, 6) is 0.0158. The fourth-order valence-corrected chi connectivity index (χ4v) is 3.47. The number of nitrogens with zero attached hydrogens (tertiary/aromatic N) is 2. The molecule has 0 aliphatic carbocycles. The Labute approximate surface area is 177 Å². The van der Waals surface area contributed by atoms with Crippen LogP contribution in [-0.4, -0.2) is 41.2 Å². The van der Waals surface area contributed by atoms with Crippen molar-refractivity contribution in [2.24, 2.45) is 5.92 Å². The lowest BCUT2D eigenvalue weighted by Crippen LogP contribution is -2.42. The third-order valence-electron chi connectivity index (χ3n) is 4.83. The molecule has 0 radical (unpaired) electrons. The molecule has 1 saturated heterocycles. The number of hydrogen-bond acceptors (Lipinski definition) is 5. The zero-order chi connectivity index (χ0) is 21.0. The van der Waals surface area contributed by atoms with E-state index < -0.39 is 4.92 Å². The average Bonchev–Trinajstić information content (AvgIpc) is 2.74. The molecule has 0 saturated carbocycles. The van der Waals surface area contributed by atoms with Crippen LogP contribution >= 0.6 is 23.2 Å². The molecule has 0 unspecified atom stereocenters. The first kappa shape index (κ1) is 21.1. The summed E-state index contributed by atoms with van der Waals surface area (Å²) < 4.78 is 5.42. The van der Waals surface area contributed by atoms with Crippen molar-refractivity contribution in [2.45, 2.75) is 12.8 Å². The number of carbonyl (C=O) groups excluding carboxylic acids is 2. The number of amides is 1. The lowest BCUT2D eigenvalue weighted by atomic mass is 9.89. The molecular formula is C20H18Cl2N2O5. The highest BCUT2D eigenvalue weighted by molar-refractivity contribution is 6.42. The number of benzene rings is 2. The van der Waals surface area contributed by atoms with E-state index in [1.54, 1.807) is 23.1 Å². The molecule has 2 aromatic rings. The smallest absolute Gasteiger partial charge is 0.269 e. The molecule has 0 spiro atoms. The zero-order valence-corrected chi connectivity index (χ0v) is 16.9. The maximum atomic E-state index is 12.6. The van der Waals surface area contributed by atoms with E-state index in [1.807, 2.05) is 0 Å². The van der Waals surface area contributed by atoms with Crippen LogP contribution in [0.3, 0.4) is 0 Å². The maximum Gasteiger partial charge on any atom is 0.269 e. The second kappa shape index (κ2) is 9.24. The fraction of sp³-hybridized carbons (Fsp3) is 0.300. The number of nitro groups is 1. The molecule has 3 rings (SSSR count). The van der Waals surface area contributed by atoms with E-state index in [9.17, 15) is 19.7 Å². The number of Topliss-reactive ketones (excluding diaryl/α,β-unsaturated/α-hetero) is 1. The van der Waals surface area contributed by atoms with Gasteiger partial charge in [0.1, 0.15) is 5.75 Å². The number of rotatable bonds is 6. The Kier molecular flexibility index (Phi) is 6.71. The van der Waals surface area contributed by atoms with Crippen LogP contribution in [0.15, 0.2) is 42.5 Å². The third kappa shape index (κ3) is 5.25. The largest absolute Gasteiger partial charge is 0.484 e. The Morgan fingerprint density at radius 3 is 2.31 bits per heavy atom. The van der Waals surface area contributed by atoms with Gasteiger partial charge in [0.2, 0.25) is 0 Å². The number of nitro benzene ring substituents is 1. The van der Waals surface area contributed by atoms with Gasteiger partial charge >= 0.3 is 0 Å². The first-order valence-electron chi connectivity index (χ1n) is 8.99. The van der Waals surface area contributed by atoms with Gasteiger partial charge < -0.3 is 9.64 Å². The van der Waals surface area contributed by atoms with Crippen LogP contribution in [0.4, 0.5) is 5.69 Å². The molecule has 7 nitrogen and oxygen atoms in total. The van der Waals surface area contributed by atoms with E-state index in [1.165, 1.54) is 24.3 Å². The van der Waals surface area contributed by atoms with Gasteiger partial charge in [-0.25, -0.2) is 0 Å². The van der Waals surface area contributed by atoms with E-state index in [0.29, 0.717) is 47.3 Å². The van der Waals surface area contributed by atoms with Crippen LogP contribution in [0.2, 0.25) is 10.0 Å². The number of carbonyl (C=O) groups is 2. The van der Waals surface area contributed by atoms with Gasteiger partial charge in [0.25, 0.3) is 11.6 Å². The van der Waals surface area contributed by atoms with Crippen molar-refractivity contribution in [1.29, 1.82) is 0 Å². The minimum absolute atomic E-state index is 0.00204. The molecule has 29 heavy (non-hydrogen) atoms. The van der Waals surface area contributed by atoms with Crippen LogP contribution in [0, 0.1) is 16.0 Å². The molecule has 1 aliphatic heterocycles. The molecule has 0 aromatic heterocycles. The molecule has 152 valence electrons. The van der Waals surface area contributed by atoms with Crippen molar-refractivity contribution in [1.82, 2.24) is 4.90 Å². The van der Waals surface area contributed by atoms with Gasteiger partial charge in [-0.05, 0) is 43.2 Å². The summed E-state index contributed by atoms with van der Waals surface area (Å²) in [6, 6.07) is 10.4. The monoisotopic (exact) mass is 436 g/mol. The van der Waals surface area contributed by atoms with Crippen molar-refractivity contribution < 1.29 is 19.2 Å². The maximum absolute atomic E-state index is 12.6.